The van der Waals surface area contributed by atoms with Crippen molar-refractivity contribution in [3.63, 3.8) is 0 Å². The highest BCUT2D eigenvalue weighted by Gasteiger charge is 2.45. The zero-order valence-corrected chi connectivity index (χ0v) is 32.1. The quantitative estimate of drug-likeness (QED) is 0.0305. The lowest BCUT2D eigenvalue weighted by atomic mass is 9.69. The normalized spacial score (nSPS) is 11.9. The summed E-state index contributed by atoms with van der Waals surface area (Å²) in [6.07, 6.45) is 0.225. The number of aromatic nitrogens is 2. The average Bonchev–Trinajstić information content (AvgIpc) is 3.20. The lowest BCUT2D eigenvalue weighted by Gasteiger charge is -2.31. The Morgan fingerprint density at radius 1 is 0.474 bits per heavy atom. The molecule has 0 unspecified atom stereocenters. The minimum atomic E-state index is -1.53. The molecule has 10 nitrogen and oxygen atoms in total. The van der Waals surface area contributed by atoms with Gasteiger partial charge in [-0.15, -0.1) is 0 Å². The molecule has 12 N–H and O–H groups in total. The molecule has 284 valence electrons. The van der Waals surface area contributed by atoms with E-state index >= 15 is 9.59 Å². The standard InChI is InChI=1S/C47H44N8O2/c1-54-41-25-33(52)11-15-37(41)35-13-9-31(50)23-39(35)43(54)27-5-3-7-29(21-27)45(56)47(17-19-48,18-20-49)46(57)30-8-4-6-28(22-30)44-40-24-32(51)10-14-36(40)38-16-12-34(53)26-42(38)55(44)2/h3-16,21-26,52-53H,17-20,48-51H2,1-2H3/p+2. The zero-order chi connectivity index (χ0) is 40.2. The predicted octanol–water partition coefficient (Wildman–Crippen LogP) is 6.36. The van der Waals surface area contributed by atoms with Crippen molar-refractivity contribution >= 4 is 77.7 Å². The van der Waals surface area contributed by atoms with Gasteiger partial charge in [0.25, 0.3) is 0 Å². The number of nitrogen functional groups attached to an aromatic ring is 4. The van der Waals surface area contributed by atoms with Crippen molar-refractivity contribution in [2.24, 2.45) is 31.0 Å². The van der Waals surface area contributed by atoms with Crippen molar-refractivity contribution in [3.8, 4) is 22.5 Å². The SMILES string of the molecule is C[n+]1c(-c2cccc(C(=O)C(CCN)(CCN)C(=O)c3cccc(-c4c5cc(N)ccc5c5ccc(N)cc5[n+]4C)c3)c2)c2cc(N)ccc2c2ccc(N)cc21. The maximum absolute atomic E-state index is 15.1. The number of Topliss-reactive ketones (excluding diaryl/α,β-unsaturated/α-hetero) is 2. The maximum atomic E-state index is 15.1. The third-order valence-electron chi connectivity index (χ3n) is 11.4. The van der Waals surface area contributed by atoms with Crippen molar-refractivity contribution < 1.29 is 18.7 Å². The van der Waals surface area contributed by atoms with E-state index in [2.05, 4.69) is 9.13 Å². The van der Waals surface area contributed by atoms with Crippen LogP contribution in [-0.2, 0) is 14.1 Å². The van der Waals surface area contributed by atoms with Gasteiger partial charge in [-0.1, -0.05) is 36.4 Å². The van der Waals surface area contributed by atoms with Crippen LogP contribution < -0.4 is 43.5 Å². The van der Waals surface area contributed by atoms with Crippen LogP contribution >= 0.6 is 0 Å². The number of nitrogens with two attached hydrogens (primary N) is 6. The summed E-state index contributed by atoms with van der Waals surface area (Å²) in [7, 11) is 3.94. The number of pyridine rings is 2. The number of rotatable bonds is 10. The molecule has 2 aromatic heterocycles. The molecule has 0 aliphatic rings. The van der Waals surface area contributed by atoms with E-state index in [1.54, 1.807) is 12.1 Å². The van der Waals surface area contributed by atoms with Gasteiger partial charge in [-0.25, -0.2) is 0 Å². The summed E-state index contributed by atoms with van der Waals surface area (Å²) in [5.41, 5.74) is 44.5. The Hall–Kier alpha value is -6.88. The van der Waals surface area contributed by atoms with Gasteiger partial charge in [-0.2, -0.15) is 9.13 Å². The van der Waals surface area contributed by atoms with Crippen LogP contribution in [-0.4, -0.2) is 24.7 Å². The first kappa shape index (κ1) is 37.1. The molecule has 8 rings (SSSR count). The molecular weight excluding hydrogens is 709 g/mol. The Kier molecular flexibility index (Phi) is 9.31. The molecule has 0 spiro atoms. The van der Waals surface area contributed by atoms with Crippen LogP contribution in [0.1, 0.15) is 33.6 Å². The van der Waals surface area contributed by atoms with E-state index in [1.165, 1.54) is 0 Å². The highest BCUT2D eigenvalue weighted by molar-refractivity contribution is 6.21. The Morgan fingerprint density at radius 3 is 1.23 bits per heavy atom. The van der Waals surface area contributed by atoms with E-state index in [0.29, 0.717) is 33.9 Å². The minimum absolute atomic E-state index is 0.104. The molecular formula is C47H46N8O2+2. The second-order valence-corrected chi connectivity index (χ2v) is 15.0. The van der Waals surface area contributed by atoms with Crippen molar-refractivity contribution in [1.82, 2.24) is 0 Å². The molecule has 2 heterocycles. The molecule has 0 saturated heterocycles. The summed E-state index contributed by atoms with van der Waals surface area (Å²) >= 11 is 0. The van der Waals surface area contributed by atoms with Crippen molar-refractivity contribution in [1.29, 1.82) is 0 Å². The second kappa shape index (κ2) is 14.3. The van der Waals surface area contributed by atoms with Crippen LogP contribution in [0.3, 0.4) is 0 Å². The van der Waals surface area contributed by atoms with Gasteiger partial charge in [-0.3, -0.25) is 9.59 Å². The topological polar surface area (TPSA) is 198 Å². The molecule has 10 heteroatoms. The fraction of sp³-hybridized carbons (Fsp3) is 0.149. The number of aryl methyl sites for hydroxylation is 2. The van der Waals surface area contributed by atoms with Gasteiger partial charge < -0.3 is 34.4 Å². The van der Waals surface area contributed by atoms with E-state index in [4.69, 9.17) is 34.4 Å². The van der Waals surface area contributed by atoms with E-state index in [1.807, 2.05) is 123 Å². The first-order chi connectivity index (χ1) is 27.4. The Morgan fingerprint density at radius 2 is 0.842 bits per heavy atom. The fourth-order valence-electron chi connectivity index (χ4n) is 8.74. The van der Waals surface area contributed by atoms with E-state index in [0.717, 1.165) is 65.9 Å². The maximum Gasteiger partial charge on any atom is 0.220 e. The average molecular weight is 755 g/mol. The highest BCUT2D eigenvalue weighted by Crippen LogP contribution is 2.39. The van der Waals surface area contributed by atoms with Gasteiger partial charge in [0.1, 0.15) is 14.1 Å². The molecule has 0 fully saturated rings. The summed E-state index contributed by atoms with van der Waals surface area (Å²) in [5, 5.41) is 5.88. The fourth-order valence-corrected chi connectivity index (χ4v) is 8.74. The van der Waals surface area contributed by atoms with Crippen molar-refractivity contribution in [2.75, 3.05) is 36.0 Å². The van der Waals surface area contributed by atoms with Gasteiger partial charge in [0.2, 0.25) is 22.4 Å². The first-order valence-electron chi connectivity index (χ1n) is 19.0. The van der Waals surface area contributed by atoms with Crippen molar-refractivity contribution in [2.45, 2.75) is 12.8 Å². The third kappa shape index (κ3) is 6.15. The Labute approximate surface area is 330 Å². The van der Waals surface area contributed by atoms with Crippen LogP contribution in [0.4, 0.5) is 22.7 Å². The minimum Gasteiger partial charge on any atom is -0.399 e. The van der Waals surface area contributed by atoms with Gasteiger partial charge in [0, 0.05) is 67.9 Å². The van der Waals surface area contributed by atoms with E-state index in [9.17, 15) is 0 Å². The predicted molar refractivity (Wildman–Crippen MR) is 232 cm³/mol. The molecule has 0 aliphatic heterocycles. The number of hydrogen-bond acceptors (Lipinski definition) is 8. The number of carbonyl (C=O) groups is 2. The van der Waals surface area contributed by atoms with E-state index < -0.39 is 5.41 Å². The summed E-state index contributed by atoms with van der Waals surface area (Å²) in [6.45, 7) is 0.208. The molecule has 0 aliphatic carbocycles. The molecule has 6 aromatic carbocycles. The second-order valence-electron chi connectivity index (χ2n) is 15.0. The van der Waals surface area contributed by atoms with Gasteiger partial charge in [-0.05, 0) is 98.7 Å². The lowest BCUT2D eigenvalue weighted by molar-refractivity contribution is -0.632. The summed E-state index contributed by atoms with van der Waals surface area (Å²) in [5.74, 6) is -0.672. The van der Waals surface area contributed by atoms with Gasteiger partial charge in [0.05, 0.1) is 27.0 Å². The lowest BCUT2D eigenvalue weighted by Crippen LogP contribution is -2.43. The van der Waals surface area contributed by atoms with Crippen LogP contribution in [0.25, 0.3) is 65.9 Å². The number of hydrogen-bond donors (Lipinski definition) is 6. The molecule has 0 radical (unpaired) electrons. The zero-order valence-electron chi connectivity index (χ0n) is 32.1. The van der Waals surface area contributed by atoms with Crippen LogP contribution in [0.15, 0.2) is 121 Å². The third-order valence-corrected chi connectivity index (χ3v) is 11.4. The Bertz CT molecular complexity index is 2760. The van der Waals surface area contributed by atoms with Gasteiger partial charge >= 0.3 is 0 Å². The van der Waals surface area contributed by atoms with Crippen LogP contribution in [0.2, 0.25) is 0 Å². The number of nitrogens with zero attached hydrogens (tertiary/aromatic N) is 2. The smallest absolute Gasteiger partial charge is 0.220 e. The molecule has 57 heavy (non-hydrogen) atoms. The molecule has 0 amide bonds. The Balaban J connectivity index is 1.27. The number of anilines is 4. The van der Waals surface area contributed by atoms with Crippen LogP contribution in [0.5, 0.6) is 0 Å². The molecule has 0 saturated carbocycles. The molecule has 0 atom stereocenters. The van der Waals surface area contributed by atoms with Crippen LogP contribution in [0, 0.1) is 5.41 Å². The highest BCUT2D eigenvalue weighted by atomic mass is 16.2. The summed E-state index contributed by atoms with van der Waals surface area (Å²) in [4.78, 5) is 30.2. The molecule has 8 aromatic rings. The van der Waals surface area contributed by atoms with Gasteiger partial charge in [0.15, 0.2) is 11.6 Å². The number of carbonyl (C=O) groups excluding carboxylic acids is 2. The summed E-state index contributed by atoms with van der Waals surface area (Å²) < 4.78 is 4.14. The number of benzene rings is 6. The van der Waals surface area contributed by atoms with E-state index in [-0.39, 0.29) is 37.5 Å². The first-order valence-corrected chi connectivity index (χ1v) is 19.0. The van der Waals surface area contributed by atoms with Crippen molar-refractivity contribution in [3.05, 3.63) is 132 Å². The molecule has 0 bridgehead atoms. The summed E-state index contributed by atoms with van der Waals surface area (Å²) in [6, 6.07) is 38.1. The largest absolute Gasteiger partial charge is 0.399 e. The monoisotopic (exact) mass is 754 g/mol. The number of ketones is 2. The number of fused-ring (bicyclic) bond motifs is 6.